The molecule has 0 spiro atoms. The molecule has 0 amide bonds. The molecule has 1 N–H and O–H groups in total. The Kier molecular flexibility index (Phi) is 6.14. The molecule has 0 unspecified atom stereocenters. The van der Waals surface area contributed by atoms with Crippen molar-refractivity contribution in [2.45, 2.75) is 12.8 Å². The zero-order chi connectivity index (χ0) is 13.5. The van der Waals surface area contributed by atoms with Gasteiger partial charge in [0.2, 0.25) is 0 Å². The maximum Gasteiger partial charge on any atom is 0.0341 e. The van der Waals surface area contributed by atoms with E-state index in [1.165, 1.54) is 44.7 Å². The molecule has 19 heavy (non-hydrogen) atoms. The van der Waals surface area contributed by atoms with Gasteiger partial charge < -0.3 is 15.1 Å². The zero-order valence-electron chi connectivity index (χ0n) is 11.7. The van der Waals surface area contributed by atoms with Crippen molar-refractivity contribution in [1.82, 2.24) is 9.80 Å². The molecule has 1 aliphatic heterocycles. The second kappa shape index (κ2) is 7.88. The lowest BCUT2D eigenvalue weighted by Crippen LogP contribution is -2.33. The highest BCUT2D eigenvalue weighted by atomic mass is 79.9. The molecular formula is C15H24BrN3. The molecule has 1 aromatic carbocycles. The average molecular weight is 326 g/mol. The van der Waals surface area contributed by atoms with Crippen LogP contribution in [-0.2, 0) is 0 Å². The van der Waals surface area contributed by atoms with Crippen molar-refractivity contribution in [3.8, 4) is 0 Å². The van der Waals surface area contributed by atoms with Gasteiger partial charge in [0.25, 0.3) is 0 Å². The summed E-state index contributed by atoms with van der Waals surface area (Å²) in [6.45, 7) is 7.06. The molecule has 0 aliphatic carbocycles. The summed E-state index contributed by atoms with van der Waals surface area (Å²) in [7, 11) is 2.21. The van der Waals surface area contributed by atoms with Crippen molar-refractivity contribution in [1.29, 1.82) is 0 Å². The Hall–Kier alpha value is -0.580. The smallest absolute Gasteiger partial charge is 0.0341 e. The van der Waals surface area contributed by atoms with E-state index in [0.29, 0.717) is 0 Å². The number of rotatable bonds is 7. The summed E-state index contributed by atoms with van der Waals surface area (Å²) >= 11 is 3.45. The third-order valence-electron chi connectivity index (χ3n) is 3.66. The standard InChI is InChI=1S/C15H24BrN3/c1-18(12-13-19-9-2-3-10-19)11-8-17-15-6-4-14(16)5-7-15/h4-7,17H,2-3,8-13H2,1H3. The number of benzene rings is 1. The number of hydrogen-bond donors (Lipinski definition) is 1. The Bertz CT molecular complexity index is 360. The van der Waals surface area contributed by atoms with Crippen molar-refractivity contribution in [2.24, 2.45) is 0 Å². The third-order valence-corrected chi connectivity index (χ3v) is 4.19. The first-order chi connectivity index (χ1) is 9.24. The van der Waals surface area contributed by atoms with E-state index in [9.17, 15) is 0 Å². The van der Waals surface area contributed by atoms with E-state index in [4.69, 9.17) is 0 Å². The second-order valence-corrected chi connectivity index (χ2v) is 6.20. The Labute approximate surface area is 125 Å². The zero-order valence-corrected chi connectivity index (χ0v) is 13.3. The van der Waals surface area contributed by atoms with Crippen LogP contribution in [0.1, 0.15) is 12.8 Å². The minimum absolute atomic E-state index is 0.998. The highest BCUT2D eigenvalue weighted by Crippen LogP contribution is 2.13. The molecule has 1 aliphatic rings. The predicted molar refractivity (Wildman–Crippen MR) is 85.8 cm³/mol. The minimum atomic E-state index is 0.998. The van der Waals surface area contributed by atoms with Crippen LogP contribution in [0.4, 0.5) is 5.69 Å². The first-order valence-electron chi connectivity index (χ1n) is 7.14. The van der Waals surface area contributed by atoms with Gasteiger partial charge in [-0.15, -0.1) is 0 Å². The van der Waals surface area contributed by atoms with Crippen LogP contribution < -0.4 is 5.32 Å². The molecule has 1 saturated heterocycles. The molecular weight excluding hydrogens is 302 g/mol. The summed E-state index contributed by atoms with van der Waals surface area (Å²) in [6, 6.07) is 8.35. The fourth-order valence-electron chi connectivity index (χ4n) is 2.39. The number of likely N-dealkylation sites (tertiary alicyclic amines) is 1. The molecule has 1 fully saturated rings. The summed E-state index contributed by atoms with van der Waals surface area (Å²) in [5.74, 6) is 0. The molecule has 3 nitrogen and oxygen atoms in total. The van der Waals surface area contributed by atoms with Crippen molar-refractivity contribution in [2.75, 3.05) is 51.6 Å². The van der Waals surface area contributed by atoms with Gasteiger partial charge in [-0.1, -0.05) is 15.9 Å². The van der Waals surface area contributed by atoms with Crippen molar-refractivity contribution < 1.29 is 0 Å². The molecule has 106 valence electrons. The maximum absolute atomic E-state index is 3.45. The Morgan fingerprint density at radius 3 is 2.53 bits per heavy atom. The summed E-state index contributed by atoms with van der Waals surface area (Å²) in [5, 5.41) is 3.45. The van der Waals surface area contributed by atoms with Crippen LogP contribution >= 0.6 is 15.9 Å². The summed E-state index contributed by atoms with van der Waals surface area (Å²) < 4.78 is 1.13. The topological polar surface area (TPSA) is 18.5 Å². The van der Waals surface area contributed by atoms with Gasteiger partial charge in [-0.05, 0) is 57.2 Å². The van der Waals surface area contributed by atoms with Gasteiger partial charge in [-0.3, -0.25) is 0 Å². The van der Waals surface area contributed by atoms with E-state index in [-0.39, 0.29) is 0 Å². The van der Waals surface area contributed by atoms with Crippen LogP contribution in [0.25, 0.3) is 0 Å². The largest absolute Gasteiger partial charge is 0.384 e. The van der Waals surface area contributed by atoms with E-state index < -0.39 is 0 Å². The van der Waals surface area contributed by atoms with Gasteiger partial charge in [0.15, 0.2) is 0 Å². The SMILES string of the molecule is CN(CCNc1ccc(Br)cc1)CCN1CCCC1. The molecule has 0 radical (unpaired) electrons. The summed E-state index contributed by atoms with van der Waals surface area (Å²) in [5.41, 5.74) is 1.19. The molecule has 0 saturated carbocycles. The van der Waals surface area contributed by atoms with Crippen LogP contribution in [0.15, 0.2) is 28.7 Å². The first kappa shape index (κ1) is 14.8. The van der Waals surface area contributed by atoms with Crippen LogP contribution in [0.2, 0.25) is 0 Å². The van der Waals surface area contributed by atoms with Crippen LogP contribution in [0.5, 0.6) is 0 Å². The van der Waals surface area contributed by atoms with E-state index in [0.717, 1.165) is 17.6 Å². The van der Waals surface area contributed by atoms with Gasteiger partial charge in [0.1, 0.15) is 0 Å². The van der Waals surface area contributed by atoms with Gasteiger partial charge in [0, 0.05) is 36.3 Å². The van der Waals surface area contributed by atoms with Crippen LogP contribution in [0, 0.1) is 0 Å². The van der Waals surface area contributed by atoms with Crippen molar-refractivity contribution >= 4 is 21.6 Å². The molecule has 4 heteroatoms. The van der Waals surface area contributed by atoms with Gasteiger partial charge in [0.05, 0.1) is 0 Å². The summed E-state index contributed by atoms with van der Waals surface area (Å²) in [4.78, 5) is 4.98. The van der Waals surface area contributed by atoms with E-state index in [2.05, 4.69) is 62.4 Å². The molecule has 0 atom stereocenters. The van der Waals surface area contributed by atoms with Gasteiger partial charge in [-0.2, -0.15) is 0 Å². The van der Waals surface area contributed by atoms with Gasteiger partial charge in [-0.25, -0.2) is 0 Å². The Morgan fingerprint density at radius 1 is 1.16 bits per heavy atom. The molecule has 2 rings (SSSR count). The quantitative estimate of drug-likeness (QED) is 0.831. The molecule has 1 heterocycles. The summed E-state index contributed by atoms with van der Waals surface area (Å²) in [6.07, 6.45) is 2.77. The second-order valence-electron chi connectivity index (χ2n) is 5.29. The fourth-order valence-corrected chi connectivity index (χ4v) is 2.65. The van der Waals surface area contributed by atoms with E-state index in [1.807, 2.05) is 0 Å². The molecule has 0 aromatic heterocycles. The molecule has 0 bridgehead atoms. The molecule has 1 aromatic rings. The van der Waals surface area contributed by atoms with E-state index in [1.54, 1.807) is 0 Å². The Balaban J connectivity index is 1.58. The van der Waals surface area contributed by atoms with E-state index >= 15 is 0 Å². The third kappa shape index (κ3) is 5.51. The highest BCUT2D eigenvalue weighted by molar-refractivity contribution is 9.10. The highest BCUT2D eigenvalue weighted by Gasteiger charge is 2.11. The number of nitrogens with one attached hydrogen (secondary N) is 1. The first-order valence-corrected chi connectivity index (χ1v) is 7.94. The van der Waals surface area contributed by atoms with Crippen LogP contribution in [-0.4, -0.2) is 56.1 Å². The number of nitrogens with zero attached hydrogens (tertiary/aromatic N) is 2. The number of anilines is 1. The monoisotopic (exact) mass is 325 g/mol. The van der Waals surface area contributed by atoms with Crippen molar-refractivity contribution in [3.05, 3.63) is 28.7 Å². The maximum atomic E-state index is 3.45. The normalized spacial score (nSPS) is 16.2. The number of halogens is 1. The average Bonchev–Trinajstić information content (AvgIpc) is 2.92. The number of hydrogen-bond acceptors (Lipinski definition) is 3. The fraction of sp³-hybridized carbons (Fsp3) is 0.600. The van der Waals surface area contributed by atoms with Crippen LogP contribution in [0.3, 0.4) is 0 Å². The lowest BCUT2D eigenvalue weighted by Gasteiger charge is -2.21. The van der Waals surface area contributed by atoms with Gasteiger partial charge >= 0.3 is 0 Å². The number of likely N-dealkylation sites (N-methyl/N-ethyl adjacent to an activating group) is 1. The minimum Gasteiger partial charge on any atom is -0.384 e. The lowest BCUT2D eigenvalue weighted by atomic mass is 10.3. The Morgan fingerprint density at radius 2 is 1.84 bits per heavy atom. The predicted octanol–water partition coefficient (Wildman–Crippen LogP) is 2.89. The van der Waals surface area contributed by atoms with Crippen molar-refractivity contribution in [3.63, 3.8) is 0 Å². The lowest BCUT2D eigenvalue weighted by molar-refractivity contribution is 0.262.